The minimum Gasteiger partial charge on any atom is -0.314 e. The lowest BCUT2D eigenvalue weighted by Crippen LogP contribution is -2.50. The fourth-order valence-corrected chi connectivity index (χ4v) is 4.56. The Hall–Kier alpha value is -1.27. The molecule has 2 aromatic carbocycles. The summed E-state index contributed by atoms with van der Waals surface area (Å²) in [5.41, 5.74) is 2.18. The van der Waals surface area contributed by atoms with E-state index in [1.807, 2.05) is 55.2 Å². The Kier molecular flexibility index (Phi) is 2.09. The smallest absolute Gasteiger partial charge is 0.193 e. The number of hydrogen-bond acceptors (Lipinski definition) is 1. The minimum atomic E-state index is -2.40. The molecule has 0 saturated carbocycles. The van der Waals surface area contributed by atoms with Crippen molar-refractivity contribution in [1.82, 2.24) is 0 Å². The van der Waals surface area contributed by atoms with Gasteiger partial charge in [-0.05, 0) is 6.66 Å². The second kappa shape index (κ2) is 3.36. The van der Waals surface area contributed by atoms with Gasteiger partial charge in [0.1, 0.15) is 7.14 Å². The van der Waals surface area contributed by atoms with Crippen LogP contribution in [0.25, 0.3) is 0 Å². The van der Waals surface area contributed by atoms with Crippen molar-refractivity contribution in [1.29, 1.82) is 0 Å². The summed E-state index contributed by atoms with van der Waals surface area (Å²) in [5.74, 6) is 0. The average molecular weight is 225 g/mol. The molecule has 1 aliphatic rings. The topological polar surface area (TPSA) is 17.1 Å². The molecular formula is C13H11BOP. The highest BCUT2D eigenvalue weighted by molar-refractivity contribution is 7.79. The highest BCUT2D eigenvalue weighted by Gasteiger charge is 2.30. The number of hydrogen-bond donors (Lipinski definition) is 0. The molecule has 0 bridgehead atoms. The van der Waals surface area contributed by atoms with Crippen molar-refractivity contribution in [3.05, 3.63) is 48.5 Å². The van der Waals surface area contributed by atoms with Gasteiger partial charge in [-0.2, -0.15) is 0 Å². The first kappa shape index (κ1) is 9.93. The molecule has 77 valence electrons. The third-order valence-corrected chi connectivity index (χ3v) is 5.76. The zero-order valence-corrected chi connectivity index (χ0v) is 9.95. The maximum atomic E-state index is 12.9. The van der Waals surface area contributed by atoms with Crippen molar-refractivity contribution < 1.29 is 4.57 Å². The third-order valence-electron chi connectivity index (χ3n) is 3.10. The van der Waals surface area contributed by atoms with Gasteiger partial charge in [0.05, 0.1) is 0 Å². The predicted molar refractivity (Wildman–Crippen MR) is 70.7 cm³/mol. The van der Waals surface area contributed by atoms with Crippen LogP contribution in [-0.4, -0.2) is 13.9 Å². The summed E-state index contributed by atoms with van der Waals surface area (Å²) in [6.45, 7) is 1.86. The van der Waals surface area contributed by atoms with Gasteiger partial charge >= 0.3 is 0 Å². The molecule has 2 aromatic rings. The van der Waals surface area contributed by atoms with Crippen LogP contribution < -0.4 is 21.5 Å². The fraction of sp³-hybridized carbons (Fsp3) is 0.0769. The maximum Gasteiger partial charge on any atom is 0.193 e. The maximum absolute atomic E-state index is 12.9. The van der Waals surface area contributed by atoms with E-state index in [2.05, 4.69) is 7.28 Å². The summed E-state index contributed by atoms with van der Waals surface area (Å²) in [6, 6.07) is 15.9. The molecule has 1 heterocycles. The van der Waals surface area contributed by atoms with Crippen LogP contribution in [0.3, 0.4) is 0 Å². The lowest BCUT2D eigenvalue weighted by molar-refractivity contribution is 0.590. The van der Waals surface area contributed by atoms with Crippen LogP contribution in [0.5, 0.6) is 0 Å². The summed E-state index contributed by atoms with van der Waals surface area (Å²) < 4.78 is 12.9. The van der Waals surface area contributed by atoms with Gasteiger partial charge in [-0.15, -0.1) is 0 Å². The van der Waals surface area contributed by atoms with Crippen molar-refractivity contribution in [2.75, 3.05) is 6.66 Å². The van der Waals surface area contributed by atoms with Crippen LogP contribution in [0.15, 0.2) is 48.5 Å². The number of rotatable bonds is 0. The Labute approximate surface area is 96.1 Å². The molecule has 0 aliphatic carbocycles. The number of fused-ring (bicyclic) bond motifs is 2. The molecule has 1 nitrogen and oxygen atoms in total. The second-order valence-corrected chi connectivity index (χ2v) is 7.00. The highest BCUT2D eigenvalue weighted by Crippen LogP contribution is 2.38. The molecule has 3 heteroatoms. The van der Waals surface area contributed by atoms with E-state index in [0.29, 0.717) is 0 Å². The molecule has 3 rings (SSSR count). The Balaban J connectivity index is 2.33. The summed E-state index contributed by atoms with van der Waals surface area (Å²) in [5, 5.41) is 1.96. The molecule has 1 aliphatic heterocycles. The van der Waals surface area contributed by atoms with Crippen molar-refractivity contribution in [2.45, 2.75) is 0 Å². The van der Waals surface area contributed by atoms with Gasteiger partial charge < -0.3 is 4.57 Å². The molecular weight excluding hydrogens is 214 g/mol. The average Bonchev–Trinajstić information content (AvgIpc) is 2.29. The van der Waals surface area contributed by atoms with E-state index in [9.17, 15) is 4.57 Å². The summed E-state index contributed by atoms with van der Waals surface area (Å²) in [4.78, 5) is 0. The molecule has 0 saturated heterocycles. The van der Waals surface area contributed by atoms with Crippen molar-refractivity contribution >= 4 is 36.0 Å². The standard InChI is InChI=1S/C13H11BOP/c1-16(15)12-8-4-2-6-10(12)14-11-7-3-5-9-13(11)16/h2-9H,1H3. The molecule has 0 spiro atoms. The normalized spacial score (nSPS) is 15.8. The van der Waals surface area contributed by atoms with Crippen LogP contribution in [0, 0.1) is 0 Å². The Morgan fingerprint density at radius 3 is 1.81 bits per heavy atom. The van der Waals surface area contributed by atoms with E-state index in [0.717, 1.165) is 21.5 Å². The predicted octanol–water partition coefficient (Wildman–Crippen LogP) is 0.599. The van der Waals surface area contributed by atoms with Crippen LogP contribution in [0.1, 0.15) is 0 Å². The van der Waals surface area contributed by atoms with E-state index in [4.69, 9.17) is 0 Å². The first-order chi connectivity index (χ1) is 7.69. The summed E-state index contributed by atoms with van der Waals surface area (Å²) in [7, 11) is -0.282. The fourth-order valence-electron chi connectivity index (χ4n) is 2.29. The summed E-state index contributed by atoms with van der Waals surface area (Å²) in [6.07, 6.45) is 0. The molecule has 0 fully saturated rings. The zero-order chi connectivity index (χ0) is 11.2. The van der Waals surface area contributed by atoms with E-state index < -0.39 is 7.14 Å². The molecule has 16 heavy (non-hydrogen) atoms. The Bertz CT molecular complexity index is 557. The first-order valence-electron chi connectivity index (χ1n) is 5.31. The van der Waals surface area contributed by atoms with E-state index in [-0.39, 0.29) is 0 Å². The van der Waals surface area contributed by atoms with E-state index >= 15 is 0 Å². The minimum absolute atomic E-state index is 0.980. The summed E-state index contributed by atoms with van der Waals surface area (Å²) >= 11 is 0. The molecule has 0 amide bonds. The van der Waals surface area contributed by atoms with Gasteiger partial charge in [0, 0.05) is 10.6 Å². The van der Waals surface area contributed by atoms with Gasteiger partial charge in [0.15, 0.2) is 7.28 Å². The lowest BCUT2D eigenvalue weighted by Gasteiger charge is -2.25. The Morgan fingerprint density at radius 1 is 0.875 bits per heavy atom. The second-order valence-electron chi connectivity index (χ2n) is 4.19. The quantitative estimate of drug-likeness (QED) is 0.474. The monoisotopic (exact) mass is 225 g/mol. The van der Waals surface area contributed by atoms with Crippen LogP contribution in [-0.2, 0) is 4.57 Å². The SMILES string of the molecule is CP1(=O)c2ccccc2[B]c2ccccc21. The molecule has 0 aromatic heterocycles. The lowest BCUT2D eigenvalue weighted by atomic mass is 9.63. The van der Waals surface area contributed by atoms with E-state index in [1.54, 1.807) is 0 Å². The van der Waals surface area contributed by atoms with Gasteiger partial charge in [0.2, 0.25) is 0 Å². The van der Waals surface area contributed by atoms with Crippen molar-refractivity contribution in [3.8, 4) is 0 Å². The zero-order valence-electron chi connectivity index (χ0n) is 9.05. The van der Waals surface area contributed by atoms with Crippen molar-refractivity contribution in [3.63, 3.8) is 0 Å². The third kappa shape index (κ3) is 1.30. The van der Waals surface area contributed by atoms with E-state index in [1.165, 1.54) is 0 Å². The largest absolute Gasteiger partial charge is 0.314 e. The molecule has 0 atom stereocenters. The van der Waals surface area contributed by atoms with Gasteiger partial charge in [0.25, 0.3) is 0 Å². The van der Waals surface area contributed by atoms with Gasteiger partial charge in [-0.3, -0.25) is 0 Å². The van der Waals surface area contributed by atoms with Crippen LogP contribution in [0.4, 0.5) is 0 Å². The van der Waals surface area contributed by atoms with Gasteiger partial charge in [-0.1, -0.05) is 59.5 Å². The molecule has 0 N–H and O–H groups in total. The molecule has 0 unspecified atom stereocenters. The van der Waals surface area contributed by atoms with Crippen LogP contribution >= 0.6 is 7.14 Å². The van der Waals surface area contributed by atoms with Crippen molar-refractivity contribution in [2.24, 2.45) is 0 Å². The first-order valence-corrected chi connectivity index (χ1v) is 7.46. The molecule has 1 radical (unpaired) electrons. The number of benzene rings is 2. The van der Waals surface area contributed by atoms with Crippen LogP contribution in [0.2, 0.25) is 0 Å². The highest BCUT2D eigenvalue weighted by atomic mass is 31.2. The van der Waals surface area contributed by atoms with Gasteiger partial charge in [-0.25, -0.2) is 0 Å². The Morgan fingerprint density at radius 2 is 1.31 bits per heavy atom.